The lowest BCUT2D eigenvalue weighted by molar-refractivity contribution is 0.288. The Morgan fingerprint density at radius 2 is 2.17 bits per heavy atom. The van der Waals surface area contributed by atoms with Gasteiger partial charge in [-0.1, -0.05) is 0 Å². The van der Waals surface area contributed by atoms with Gasteiger partial charge in [-0.3, -0.25) is 4.98 Å². The van der Waals surface area contributed by atoms with Gasteiger partial charge in [0.25, 0.3) is 0 Å². The van der Waals surface area contributed by atoms with Crippen LogP contribution in [0.5, 0.6) is 5.75 Å². The van der Waals surface area contributed by atoms with Gasteiger partial charge >= 0.3 is 0 Å². The van der Waals surface area contributed by atoms with Gasteiger partial charge in [-0.15, -0.1) is 0 Å². The summed E-state index contributed by atoms with van der Waals surface area (Å²) in [6.45, 7) is 2.81. The first-order chi connectivity index (χ1) is 8.74. The standard InChI is InChI=1S/C15H16N2O/c1-10-7-13(16)15(17-9-10)12-4-5-14-11(8-12)3-2-6-18-14/h4-5,7-9H,2-3,6,16H2,1H3. The highest BCUT2D eigenvalue weighted by Gasteiger charge is 2.12. The van der Waals surface area contributed by atoms with Crippen LogP contribution in [0.3, 0.4) is 0 Å². The van der Waals surface area contributed by atoms with Crippen molar-refractivity contribution in [3.8, 4) is 17.0 Å². The van der Waals surface area contributed by atoms with Gasteiger partial charge in [0.1, 0.15) is 5.75 Å². The van der Waals surface area contributed by atoms with E-state index in [0.717, 1.165) is 47.7 Å². The largest absolute Gasteiger partial charge is 0.493 e. The molecular formula is C15H16N2O. The zero-order valence-electron chi connectivity index (χ0n) is 10.4. The smallest absolute Gasteiger partial charge is 0.122 e. The highest BCUT2D eigenvalue weighted by atomic mass is 16.5. The highest BCUT2D eigenvalue weighted by molar-refractivity contribution is 5.73. The topological polar surface area (TPSA) is 48.1 Å². The second-order valence-corrected chi connectivity index (χ2v) is 4.73. The Kier molecular flexibility index (Phi) is 2.67. The summed E-state index contributed by atoms with van der Waals surface area (Å²) in [5.74, 6) is 0.996. The maximum Gasteiger partial charge on any atom is 0.122 e. The van der Waals surface area contributed by atoms with Crippen molar-refractivity contribution in [2.24, 2.45) is 0 Å². The molecule has 2 heterocycles. The van der Waals surface area contributed by atoms with Crippen molar-refractivity contribution in [2.45, 2.75) is 19.8 Å². The Morgan fingerprint density at radius 3 is 3.00 bits per heavy atom. The van der Waals surface area contributed by atoms with Gasteiger partial charge in [-0.2, -0.15) is 0 Å². The molecular weight excluding hydrogens is 224 g/mol. The van der Waals surface area contributed by atoms with E-state index >= 15 is 0 Å². The molecule has 1 aliphatic rings. The number of aromatic nitrogens is 1. The molecule has 0 atom stereocenters. The van der Waals surface area contributed by atoms with E-state index in [1.54, 1.807) is 0 Å². The fraction of sp³-hybridized carbons (Fsp3) is 0.267. The Hall–Kier alpha value is -2.03. The van der Waals surface area contributed by atoms with Crippen LogP contribution in [0.4, 0.5) is 5.69 Å². The van der Waals surface area contributed by atoms with Crippen molar-refractivity contribution >= 4 is 5.69 Å². The molecule has 0 saturated heterocycles. The molecule has 0 radical (unpaired) electrons. The molecule has 0 saturated carbocycles. The van der Waals surface area contributed by atoms with E-state index in [4.69, 9.17) is 10.5 Å². The van der Waals surface area contributed by atoms with Crippen LogP contribution >= 0.6 is 0 Å². The normalized spacial score (nSPS) is 13.8. The minimum atomic E-state index is 0.728. The Labute approximate surface area is 107 Å². The third-order valence-electron chi connectivity index (χ3n) is 3.24. The number of nitrogens with two attached hydrogens (primary N) is 1. The first-order valence-corrected chi connectivity index (χ1v) is 6.22. The molecule has 0 spiro atoms. The van der Waals surface area contributed by atoms with E-state index in [1.165, 1.54) is 5.56 Å². The van der Waals surface area contributed by atoms with E-state index in [0.29, 0.717) is 0 Å². The lowest BCUT2D eigenvalue weighted by Gasteiger charge is -2.18. The summed E-state index contributed by atoms with van der Waals surface area (Å²) in [6, 6.07) is 8.14. The summed E-state index contributed by atoms with van der Waals surface area (Å²) in [6.07, 6.45) is 3.99. The molecule has 3 rings (SSSR count). The number of nitrogens with zero attached hydrogens (tertiary/aromatic N) is 1. The third kappa shape index (κ3) is 1.92. The van der Waals surface area contributed by atoms with E-state index in [-0.39, 0.29) is 0 Å². The lowest BCUT2D eigenvalue weighted by Crippen LogP contribution is -2.08. The fourth-order valence-corrected chi connectivity index (χ4v) is 2.34. The minimum absolute atomic E-state index is 0.728. The maximum atomic E-state index is 6.04. The molecule has 3 heteroatoms. The van der Waals surface area contributed by atoms with Crippen molar-refractivity contribution < 1.29 is 4.74 Å². The van der Waals surface area contributed by atoms with Crippen LogP contribution in [-0.4, -0.2) is 11.6 Å². The number of nitrogen functional groups attached to an aromatic ring is 1. The van der Waals surface area contributed by atoms with Crippen LogP contribution < -0.4 is 10.5 Å². The van der Waals surface area contributed by atoms with Crippen molar-refractivity contribution in [1.82, 2.24) is 4.98 Å². The van der Waals surface area contributed by atoms with Gasteiger partial charge < -0.3 is 10.5 Å². The molecule has 92 valence electrons. The van der Waals surface area contributed by atoms with E-state index in [2.05, 4.69) is 11.1 Å². The first-order valence-electron chi connectivity index (χ1n) is 6.22. The summed E-state index contributed by atoms with van der Waals surface area (Å²) in [7, 11) is 0. The molecule has 0 unspecified atom stereocenters. The number of ether oxygens (including phenoxy) is 1. The van der Waals surface area contributed by atoms with E-state index in [1.807, 2.05) is 31.3 Å². The van der Waals surface area contributed by atoms with Crippen molar-refractivity contribution in [1.29, 1.82) is 0 Å². The molecule has 18 heavy (non-hydrogen) atoms. The number of pyridine rings is 1. The average molecular weight is 240 g/mol. The fourth-order valence-electron chi connectivity index (χ4n) is 2.34. The van der Waals surface area contributed by atoms with Crippen molar-refractivity contribution in [3.63, 3.8) is 0 Å². The minimum Gasteiger partial charge on any atom is -0.493 e. The number of fused-ring (bicyclic) bond motifs is 1. The Balaban J connectivity index is 2.06. The predicted octanol–water partition coefficient (Wildman–Crippen LogP) is 2.96. The number of hydrogen-bond donors (Lipinski definition) is 1. The second-order valence-electron chi connectivity index (χ2n) is 4.73. The first kappa shape index (κ1) is 11.1. The van der Waals surface area contributed by atoms with Crippen LogP contribution in [0.15, 0.2) is 30.5 Å². The van der Waals surface area contributed by atoms with Crippen molar-refractivity contribution in [2.75, 3.05) is 12.3 Å². The second kappa shape index (κ2) is 4.33. The predicted molar refractivity (Wildman–Crippen MR) is 72.6 cm³/mol. The summed E-state index contributed by atoms with van der Waals surface area (Å²) >= 11 is 0. The molecule has 1 aromatic heterocycles. The van der Waals surface area contributed by atoms with E-state index in [9.17, 15) is 0 Å². The van der Waals surface area contributed by atoms with Gasteiger partial charge in [0.05, 0.1) is 18.0 Å². The summed E-state index contributed by atoms with van der Waals surface area (Å²) in [4.78, 5) is 4.43. The number of benzene rings is 1. The SMILES string of the molecule is Cc1cnc(-c2ccc3c(c2)CCCO3)c(N)c1. The molecule has 1 aromatic carbocycles. The van der Waals surface area contributed by atoms with Crippen LogP contribution in [0.25, 0.3) is 11.3 Å². The van der Waals surface area contributed by atoms with Gasteiger partial charge in [-0.25, -0.2) is 0 Å². The average Bonchev–Trinajstić information content (AvgIpc) is 2.38. The Bertz CT molecular complexity index is 593. The molecule has 1 aliphatic heterocycles. The number of anilines is 1. The third-order valence-corrected chi connectivity index (χ3v) is 3.24. The number of aryl methyl sites for hydroxylation is 2. The summed E-state index contributed by atoms with van der Waals surface area (Å²) < 4.78 is 5.61. The number of hydrogen-bond acceptors (Lipinski definition) is 3. The van der Waals surface area contributed by atoms with Gasteiger partial charge in [0.2, 0.25) is 0 Å². The molecule has 0 amide bonds. The molecule has 2 N–H and O–H groups in total. The quantitative estimate of drug-likeness (QED) is 0.833. The highest BCUT2D eigenvalue weighted by Crippen LogP contribution is 2.31. The zero-order chi connectivity index (χ0) is 12.5. The van der Waals surface area contributed by atoms with Crippen LogP contribution in [-0.2, 0) is 6.42 Å². The summed E-state index contributed by atoms with van der Waals surface area (Å²) in [5, 5.41) is 0. The summed E-state index contributed by atoms with van der Waals surface area (Å²) in [5.41, 5.74) is 11.0. The molecule has 0 fully saturated rings. The molecule has 3 nitrogen and oxygen atoms in total. The zero-order valence-corrected chi connectivity index (χ0v) is 10.4. The van der Waals surface area contributed by atoms with Gasteiger partial charge in [0.15, 0.2) is 0 Å². The van der Waals surface area contributed by atoms with Gasteiger partial charge in [0, 0.05) is 11.8 Å². The maximum absolute atomic E-state index is 6.04. The Morgan fingerprint density at radius 1 is 1.28 bits per heavy atom. The monoisotopic (exact) mass is 240 g/mol. The van der Waals surface area contributed by atoms with Gasteiger partial charge in [-0.05, 0) is 55.2 Å². The van der Waals surface area contributed by atoms with Crippen molar-refractivity contribution in [3.05, 3.63) is 41.6 Å². The molecule has 2 aromatic rings. The van der Waals surface area contributed by atoms with Crippen LogP contribution in [0.1, 0.15) is 17.5 Å². The lowest BCUT2D eigenvalue weighted by atomic mass is 10.0. The van der Waals surface area contributed by atoms with Crippen LogP contribution in [0.2, 0.25) is 0 Å². The number of rotatable bonds is 1. The van der Waals surface area contributed by atoms with E-state index < -0.39 is 0 Å². The molecule has 0 bridgehead atoms. The van der Waals surface area contributed by atoms with Crippen LogP contribution in [0, 0.1) is 6.92 Å². The molecule has 0 aliphatic carbocycles.